The zero-order valence-electron chi connectivity index (χ0n) is 43.8. The first-order valence-electron chi connectivity index (χ1n) is 26.0. The molecule has 0 aromatic heterocycles. The first-order chi connectivity index (χ1) is 37.0. The molecule has 78 heavy (non-hydrogen) atoms. The van der Waals surface area contributed by atoms with Crippen molar-refractivity contribution in [3.8, 4) is 0 Å². The Hall–Kier alpha value is -6.94. The molecular weight excluding hydrogens is 1080 g/mol. The van der Waals surface area contributed by atoms with Crippen LogP contribution in [-0.2, 0) is 51.3 Å². The summed E-state index contributed by atoms with van der Waals surface area (Å²) in [6.07, 6.45) is 2.72. The van der Waals surface area contributed by atoms with Gasteiger partial charge in [-0.3, -0.25) is 48.4 Å². The van der Waals surface area contributed by atoms with Crippen LogP contribution >= 0.6 is 15.9 Å². The van der Waals surface area contributed by atoms with E-state index < -0.39 is 78.5 Å². The number of rotatable bonds is 28. The number of aliphatic carboxylic acids is 3. The number of carbonyl (C=O) groups is 10. The number of carboxylic acids is 3. The highest BCUT2D eigenvalue weighted by Gasteiger charge is 2.31. The smallest absolute Gasteiger partial charge is 0.326 e. The third-order valence-corrected chi connectivity index (χ3v) is 14.2. The van der Waals surface area contributed by atoms with Gasteiger partial charge in [0.2, 0.25) is 29.5 Å². The van der Waals surface area contributed by atoms with E-state index in [1.807, 2.05) is 56.0 Å². The van der Waals surface area contributed by atoms with Crippen LogP contribution in [0.2, 0.25) is 0 Å². The molecule has 1 aliphatic carbocycles. The first kappa shape index (κ1) is 63.6. The summed E-state index contributed by atoms with van der Waals surface area (Å²) >= 11 is 3.44. The Morgan fingerprint density at radius 3 is 1.67 bits per heavy atom. The van der Waals surface area contributed by atoms with Crippen LogP contribution in [0.4, 0.5) is 15.3 Å². The largest absolute Gasteiger partial charge is 0.481 e. The topological polar surface area (TPSA) is 400 Å². The van der Waals surface area contributed by atoms with Gasteiger partial charge in [0.05, 0.1) is 26.2 Å². The molecule has 2 aliphatic rings. The Balaban J connectivity index is 1.33. The van der Waals surface area contributed by atoms with Crippen LogP contribution < -0.4 is 44.2 Å². The van der Waals surface area contributed by atoms with Gasteiger partial charge in [-0.15, -0.1) is 0 Å². The van der Waals surface area contributed by atoms with E-state index >= 15 is 0 Å². The molecule has 1 unspecified atom stereocenters. The Bertz CT molecular complexity index is 2360. The fourth-order valence-corrected chi connectivity index (χ4v) is 9.88. The minimum Gasteiger partial charge on any atom is -0.481 e. The SMILES string of the molecule is NC(=O)CN1CCN(CC(N)=O)CCN(CC(N)=O)C(Cc2ccc(NC(=O)NCC3CCC(C(=O)N(CCCC[C@@H](NC(=O)N[C@H](CCC(=O)O)C(=O)O)C(=O)O)Cc4ccc(Br)cc4)CC3)cc2)CN(CC(N)=O)CC1. The van der Waals surface area contributed by atoms with E-state index in [-0.39, 0.29) is 56.4 Å². The number of amides is 9. The summed E-state index contributed by atoms with van der Waals surface area (Å²) in [6.45, 7) is 3.11. The number of halogens is 1. The van der Waals surface area contributed by atoms with Gasteiger partial charge in [0.15, 0.2) is 0 Å². The van der Waals surface area contributed by atoms with Gasteiger partial charge in [-0.25, -0.2) is 19.2 Å². The van der Waals surface area contributed by atoms with E-state index in [0.29, 0.717) is 116 Å². The molecule has 2 fully saturated rings. The third kappa shape index (κ3) is 24.2. The highest BCUT2D eigenvalue weighted by molar-refractivity contribution is 9.10. The van der Waals surface area contributed by atoms with Crippen LogP contribution in [0.25, 0.3) is 0 Å². The van der Waals surface area contributed by atoms with Gasteiger partial charge in [-0.2, -0.15) is 0 Å². The summed E-state index contributed by atoms with van der Waals surface area (Å²) < 4.78 is 0.869. The Labute approximate surface area is 461 Å². The molecule has 0 bridgehead atoms. The van der Waals surface area contributed by atoms with Gasteiger partial charge >= 0.3 is 30.0 Å². The van der Waals surface area contributed by atoms with Gasteiger partial charge in [0.1, 0.15) is 12.1 Å². The number of carboxylic acid groups (broad SMARTS) is 3. The summed E-state index contributed by atoms with van der Waals surface area (Å²) in [5.41, 5.74) is 24.8. The number of anilines is 1. The van der Waals surface area contributed by atoms with Crippen molar-refractivity contribution in [1.82, 2.24) is 40.4 Å². The molecule has 2 aromatic carbocycles. The lowest BCUT2D eigenvalue weighted by atomic mass is 9.81. The molecule has 4 rings (SSSR count). The second kappa shape index (κ2) is 32.7. The monoisotopic (exact) mass is 1160 g/mol. The summed E-state index contributed by atoms with van der Waals surface area (Å²) in [5.74, 6) is -6.47. The van der Waals surface area contributed by atoms with Gasteiger partial charge in [-0.05, 0) is 99.1 Å². The van der Waals surface area contributed by atoms with E-state index in [4.69, 9.17) is 28.0 Å². The fourth-order valence-electron chi connectivity index (χ4n) is 9.62. The lowest BCUT2D eigenvalue weighted by Crippen LogP contribution is -2.54. The van der Waals surface area contributed by atoms with Gasteiger partial charge in [0.25, 0.3) is 0 Å². The molecule has 27 heteroatoms. The Kier molecular flexibility index (Phi) is 26.7. The average Bonchev–Trinajstić information content (AvgIpc) is 3.37. The van der Waals surface area contributed by atoms with E-state index in [0.717, 1.165) is 15.6 Å². The molecule has 3 atom stereocenters. The van der Waals surface area contributed by atoms with Crippen molar-refractivity contribution >= 4 is 81.1 Å². The molecule has 2 aromatic rings. The lowest BCUT2D eigenvalue weighted by molar-refractivity contribution is -0.141. The number of urea groups is 2. The minimum absolute atomic E-state index is 0.0177. The molecule has 0 radical (unpaired) electrons. The molecule has 9 amide bonds. The predicted molar refractivity (Wildman–Crippen MR) is 289 cm³/mol. The highest BCUT2D eigenvalue weighted by atomic mass is 79.9. The van der Waals surface area contributed by atoms with Crippen LogP contribution in [0.1, 0.15) is 68.9 Å². The molecule has 0 spiro atoms. The number of benzene rings is 2. The number of nitrogens with zero attached hydrogens (tertiary/aromatic N) is 5. The first-order valence-corrected chi connectivity index (χ1v) is 26.8. The summed E-state index contributed by atoms with van der Waals surface area (Å²) in [7, 11) is 0. The molecule has 15 N–H and O–H groups in total. The van der Waals surface area contributed by atoms with Crippen molar-refractivity contribution in [2.45, 2.75) is 88.9 Å². The van der Waals surface area contributed by atoms with Crippen molar-refractivity contribution in [2.24, 2.45) is 34.8 Å². The average molecular weight is 1160 g/mol. The minimum atomic E-state index is -1.53. The number of unbranched alkanes of at least 4 members (excludes halogenated alkanes) is 1. The number of nitrogens with two attached hydrogens (primary N) is 4. The van der Waals surface area contributed by atoms with Crippen LogP contribution in [-0.4, -0.2) is 203 Å². The Morgan fingerprint density at radius 1 is 0.615 bits per heavy atom. The van der Waals surface area contributed by atoms with E-state index in [1.165, 1.54) is 0 Å². The van der Waals surface area contributed by atoms with Gasteiger partial charge < -0.3 is 64.4 Å². The van der Waals surface area contributed by atoms with Crippen LogP contribution in [0.3, 0.4) is 0 Å². The zero-order chi connectivity index (χ0) is 57.3. The number of carbonyl (C=O) groups excluding carboxylic acids is 7. The Morgan fingerprint density at radius 2 is 1.13 bits per heavy atom. The number of primary amides is 4. The number of hydrogen-bond acceptors (Lipinski definition) is 14. The van der Waals surface area contributed by atoms with Crippen molar-refractivity contribution in [3.63, 3.8) is 0 Å². The van der Waals surface area contributed by atoms with Gasteiger partial charge in [-0.1, -0.05) is 40.2 Å². The second-order valence-corrected chi connectivity index (χ2v) is 20.9. The van der Waals surface area contributed by atoms with E-state index in [2.05, 4.69) is 37.2 Å². The van der Waals surface area contributed by atoms with E-state index in [9.17, 15) is 58.2 Å². The molecule has 1 heterocycles. The van der Waals surface area contributed by atoms with Crippen molar-refractivity contribution < 1.29 is 63.3 Å². The predicted octanol–water partition coefficient (Wildman–Crippen LogP) is -0.280. The molecule has 1 aliphatic heterocycles. The van der Waals surface area contributed by atoms with Crippen molar-refractivity contribution in [3.05, 3.63) is 64.1 Å². The molecule has 26 nitrogen and oxygen atoms in total. The lowest BCUT2D eigenvalue weighted by Gasteiger charge is -2.38. The van der Waals surface area contributed by atoms with Crippen LogP contribution in [0.5, 0.6) is 0 Å². The summed E-state index contributed by atoms with van der Waals surface area (Å²) in [6, 6.07) is 9.99. The maximum atomic E-state index is 14.1. The quantitative estimate of drug-likeness (QED) is 0.0488. The number of hydrogen-bond donors (Lipinski definition) is 11. The van der Waals surface area contributed by atoms with Crippen LogP contribution in [0, 0.1) is 11.8 Å². The summed E-state index contributed by atoms with van der Waals surface area (Å²) in [5, 5.41) is 38.3. The standard InChI is InChI=1S/C51H76BrN13O13/c52-37-12-6-35(7-13-37)27-65(18-2-1-3-40(48(73)74)59-51(78)60-41(49(75)76)16-17-46(70)71)47(72)36-10-4-34(5-11-36)26-57-50(77)58-38-14-8-33(9-15-38)25-39-28-63(31-44(55)68)22-21-61(29-42(53)66)19-20-62(30-43(54)67)23-24-64(39)32-45(56)69/h6-9,12-15,34,36,39-41H,1-5,10-11,16-32H2,(H2,53,66)(H2,54,67)(H2,55,68)(H2,56,69)(H,70,71)(H,73,74)(H,75,76)(H2,57,58,77)(H2,59,60,78)/t34?,36?,39?,40-,41-/m1/s1. The summed E-state index contributed by atoms with van der Waals surface area (Å²) in [4.78, 5) is 132. The normalized spacial score (nSPS) is 18.9. The molecule has 1 saturated heterocycles. The van der Waals surface area contributed by atoms with Gasteiger partial charge in [0, 0.05) is 94.0 Å². The maximum Gasteiger partial charge on any atom is 0.326 e. The van der Waals surface area contributed by atoms with E-state index in [1.54, 1.807) is 17.0 Å². The molecule has 1 saturated carbocycles. The zero-order valence-corrected chi connectivity index (χ0v) is 45.4. The third-order valence-electron chi connectivity index (χ3n) is 13.7. The highest BCUT2D eigenvalue weighted by Crippen LogP contribution is 2.31. The second-order valence-electron chi connectivity index (χ2n) is 19.9. The number of nitrogens with one attached hydrogen (secondary N) is 4. The molecule has 430 valence electrons. The fraction of sp³-hybridized carbons (Fsp3) is 0.569. The maximum absolute atomic E-state index is 14.1. The van der Waals surface area contributed by atoms with Crippen molar-refractivity contribution in [1.29, 1.82) is 0 Å². The van der Waals surface area contributed by atoms with Crippen LogP contribution in [0.15, 0.2) is 53.0 Å². The van der Waals surface area contributed by atoms with Crippen molar-refractivity contribution in [2.75, 3.05) is 90.4 Å². The molecular formula is C51H76BrN13O13.